The van der Waals surface area contributed by atoms with Gasteiger partial charge >= 0.3 is 5.97 Å². The van der Waals surface area contributed by atoms with Crippen LogP contribution < -0.4 is 10.2 Å². The van der Waals surface area contributed by atoms with E-state index in [1.165, 1.54) is 14.0 Å². The molecule has 0 radical (unpaired) electrons. The molecule has 130 valence electrons. The normalized spacial score (nSPS) is 10.0. The number of methoxy groups -OCH3 is 1. The van der Waals surface area contributed by atoms with Gasteiger partial charge in [0.1, 0.15) is 0 Å². The van der Waals surface area contributed by atoms with Crippen LogP contribution in [-0.2, 0) is 14.3 Å². The van der Waals surface area contributed by atoms with Crippen molar-refractivity contribution in [3.8, 4) is 0 Å². The zero-order valence-electron chi connectivity index (χ0n) is 14.2. The predicted octanol–water partition coefficient (Wildman–Crippen LogP) is 2.85. The van der Waals surface area contributed by atoms with E-state index in [0.29, 0.717) is 11.3 Å². The van der Waals surface area contributed by atoms with E-state index in [-0.39, 0.29) is 24.8 Å². The molecule has 0 heterocycles. The van der Waals surface area contributed by atoms with E-state index in [4.69, 9.17) is 0 Å². The number of carbonyl (C=O) groups excluding carboxylic acids is 3. The second-order valence-electron chi connectivity index (χ2n) is 5.37. The maximum atomic E-state index is 12.1. The van der Waals surface area contributed by atoms with Crippen LogP contribution in [0.25, 0.3) is 0 Å². The number of nitrogens with zero attached hydrogens (tertiary/aromatic N) is 1. The topological polar surface area (TPSA) is 75.7 Å². The highest BCUT2D eigenvalue weighted by Crippen LogP contribution is 2.15. The Morgan fingerprint density at radius 1 is 1.00 bits per heavy atom. The minimum absolute atomic E-state index is 0.124. The van der Waals surface area contributed by atoms with Crippen molar-refractivity contribution in [1.29, 1.82) is 0 Å². The molecule has 0 fully saturated rings. The first-order valence-corrected chi connectivity index (χ1v) is 7.82. The lowest BCUT2D eigenvalue weighted by molar-refractivity contribution is -0.117. The molecule has 0 saturated carbocycles. The molecular weight excluding hydrogens is 320 g/mol. The van der Waals surface area contributed by atoms with Gasteiger partial charge in [-0.25, -0.2) is 4.79 Å². The van der Waals surface area contributed by atoms with Crippen LogP contribution >= 0.6 is 0 Å². The highest BCUT2D eigenvalue weighted by atomic mass is 16.5. The number of carbonyl (C=O) groups is 3. The molecule has 2 rings (SSSR count). The molecule has 0 atom stereocenters. The van der Waals surface area contributed by atoms with E-state index < -0.39 is 5.97 Å². The number of amides is 2. The van der Waals surface area contributed by atoms with E-state index in [2.05, 4.69) is 10.1 Å². The summed E-state index contributed by atoms with van der Waals surface area (Å²) in [5.41, 5.74) is 1.74. The molecule has 0 spiro atoms. The van der Waals surface area contributed by atoms with Crippen molar-refractivity contribution in [2.24, 2.45) is 0 Å². The van der Waals surface area contributed by atoms with E-state index >= 15 is 0 Å². The Balaban J connectivity index is 1.93. The molecule has 2 amide bonds. The summed E-state index contributed by atoms with van der Waals surface area (Å²) in [6.07, 6.45) is 0.160. The van der Waals surface area contributed by atoms with Gasteiger partial charge in [-0.2, -0.15) is 0 Å². The average molecular weight is 340 g/mol. The molecule has 25 heavy (non-hydrogen) atoms. The molecule has 0 unspecified atom stereocenters. The molecule has 0 aliphatic carbocycles. The van der Waals surface area contributed by atoms with Crippen LogP contribution in [0, 0.1) is 0 Å². The van der Waals surface area contributed by atoms with Gasteiger partial charge in [0, 0.05) is 31.3 Å². The third-order valence-electron chi connectivity index (χ3n) is 3.60. The summed E-state index contributed by atoms with van der Waals surface area (Å²) in [4.78, 5) is 36.8. The molecular formula is C19H20N2O4. The van der Waals surface area contributed by atoms with Gasteiger partial charge in [0.25, 0.3) is 0 Å². The summed E-state index contributed by atoms with van der Waals surface area (Å²) in [5, 5.41) is 2.74. The van der Waals surface area contributed by atoms with Gasteiger partial charge < -0.3 is 15.0 Å². The van der Waals surface area contributed by atoms with Crippen molar-refractivity contribution in [1.82, 2.24) is 0 Å². The second kappa shape index (κ2) is 8.63. The fraction of sp³-hybridized carbons (Fsp3) is 0.211. The number of para-hydroxylation sites is 1. The van der Waals surface area contributed by atoms with Crippen LogP contribution in [0.5, 0.6) is 0 Å². The maximum Gasteiger partial charge on any atom is 0.337 e. The first-order valence-electron chi connectivity index (χ1n) is 7.82. The van der Waals surface area contributed by atoms with Crippen LogP contribution in [0.4, 0.5) is 11.4 Å². The first kappa shape index (κ1) is 18.2. The quantitative estimate of drug-likeness (QED) is 0.821. The molecule has 0 aliphatic heterocycles. The predicted molar refractivity (Wildman–Crippen MR) is 95.5 cm³/mol. The summed E-state index contributed by atoms with van der Waals surface area (Å²) >= 11 is 0. The van der Waals surface area contributed by atoms with Crippen LogP contribution in [-0.4, -0.2) is 31.4 Å². The summed E-state index contributed by atoms with van der Waals surface area (Å²) in [5.74, 6) is -0.771. The van der Waals surface area contributed by atoms with E-state index in [1.807, 2.05) is 30.3 Å². The van der Waals surface area contributed by atoms with Crippen molar-refractivity contribution in [2.45, 2.75) is 13.3 Å². The van der Waals surface area contributed by atoms with Crippen molar-refractivity contribution in [2.75, 3.05) is 23.9 Å². The third kappa shape index (κ3) is 5.17. The van der Waals surface area contributed by atoms with Gasteiger partial charge in [-0.1, -0.05) is 18.2 Å². The molecule has 2 aromatic rings. The van der Waals surface area contributed by atoms with Gasteiger partial charge in [-0.05, 0) is 36.4 Å². The lowest BCUT2D eigenvalue weighted by Crippen LogP contribution is -2.31. The number of ether oxygens (including phenoxy) is 1. The van der Waals surface area contributed by atoms with Crippen LogP contribution in [0.15, 0.2) is 54.6 Å². The lowest BCUT2D eigenvalue weighted by Gasteiger charge is -2.20. The molecule has 2 aromatic carbocycles. The summed E-state index contributed by atoms with van der Waals surface area (Å²) in [6.45, 7) is 1.75. The number of anilines is 2. The van der Waals surface area contributed by atoms with Gasteiger partial charge in [-0.3, -0.25) is 9.59 Å². The Morgan fingerprint density at radius 3 is 2.20 bits per heavy atom. The third-order valence-corrected chi connectivity index (χ3v) is 3.60. The fourth-order valence-corrected chi connectivity index (χ4v) is 2.32. The smallest absolute Gasteiger partial charge is 0.337 e. The molecule has 6 nitrogen and oxygen atoms in total. The highest BCUT2D eigenvalue weighted by Gasteiger charge is 2.13. The molecule has 1 N–H and O–H groups in total. The zero-order valence-corrected chi connectivity index (χ0v) is 14.2. The standard InChI is InChI=1S/C19H20N2O4/c1-14(22)21(17-6-4-3-5-7-17)13-12-18(23)20-16-10-8-15(9-11-16)19(24)25-2/h3-11H,12-13H2,1-2H3,(H,20,23). The Bertz CT molecular complexity index is 742. The number of rotatable bonds is 6. The highest BCUT2D eigenvalue weighted by molar-refractivity contribution is 5.95. The Morgan fingerprint density at radius 2 is 1.64 bits per heavy atom. The number of hydrogen-bond acceptors (Lipinski definition) is 4. The zero-order chi connectivity index (χ0) is 18.2. The molecule has 0 saturated heterocycles. The Kier molecular flexibility index (Phi) is 6.28. The number of benzene rings is 2. The van der Waals surface area contributed by atoms with Gasteiger partial charge in [-0.15, -0.1) is 0 Å². The SMILES string of the molecule is COC(=O)c1ccc(NC(=O)CCN(C(C)=O)c2ccccc2)cc1. The van der Waals surface area contributed by atoms with Gasteiger partial charge in [0.15, 0.2) is 0 Å². The molecule has 0 bridgehead atoms. The molecule has 0 aromatic heterocycles. The van der Waals surface area contributed by atoms with Crippen LogP contribution in [0.1, 0.15) is 23.7 Å². The second-order valence-corrected chi connectivity index (χ2v) is 5.37. The van der Waals surface area contributed by atoms with Crippen LogP contribution in [0.2, 0.25) is 0 Å². The number of hydrogen-bond donors (Lipinski definition) is 1. The summed E-state index contributed by atoms with van der Waals surface area (Å²) < 4.78 is 4.62. The minimum Gasteiger partial charge on any atom is -0.465 e. The molecule has 0 aliphatic rings. The maximum absolute atomic E-state index is 12.1. The fourth-order valence-electron chi connectivity index (χ4n) is 2.32. The summed E-state index contributed by atoms with van der Waals surface area (Å²) in [7, 11) is 1.31. The van der Waals surface area contributed by atoms with Crippen molar-refractivity contribution in [3.05, 3.63) is 60.2 Å². The van der Waals surface area contributed by atoms with E-state index in [9.17, 15) is 14.4 Å². The minimum atomic E-state index is -0.433. The van der Waals surface area contributed by atoms with Crippen molar-refractivity contribution >= 4 is 29.2 Å². The average Bonchev–Trinajstić information content (AvgIpc) is 2.62. The van der Waals surface area contributed by atoms with Gasteiger partial charge in [0.2, 0.25) is 11.8 Å². The first-order chi connectivity index (χ1) is 12.0. The molecule has 6 heteroatoms. The van der Waals surface area contributed by atoms with Crippen molar-refractivity contribution in [3.63, 3.8) is 0 Å². The van der Waals surface area contributed by atoms with Crippen LogP contribution in [0.3, 0.4) is 0 Å². The van der Waals surface area contributed by atoms with Gasteiger partial charge in [0.05, 0.1) is 12.7 Å². The Hall–Kier alpha value is -3.15. The van der Waals surface area contributed by atoms with Crippen molar-refractivity contribution < 1.29 is 19.1 Å². The number of nitrogens with one attached hydrogen (secondary N) is 1. The monoisotopic (exact) mass is 340 g/mol. The van der Waals surface area contributed by atoms with E-state index in [0.717, 1.165) is 5.69 Å². The summed E-state index contributed by atoms with van der Waals surface area (Å²) in [6, 6.07) is 15.6. The van der Waals surface area contributed by atoms with E-state index in [1.54, 1.807) is 29.2 Å². The Labute approximate surface area is 146 Å². The largest absolute Gasteiger partial charge is 0.465 e. The lowest BCUT2D eigenvalue weighted by atomic mass is 10.2. The number of esters is 1.